The number of amides is 1. The van der Waals surface area contributed by atoms with Crippen molar-refractivity contribution >= 4 is 11.6 Å². The maximum Gasteiger partial charge on any atom is 0.248 e. The smallest absolute Gasteiger partial charge is 0.248 e. The molecule has 21 heavy (non-hydrogen) atoms. The minimum atomic E-state index is -0.404. The Balaban J connectivity index is 2.20. The summed E-state index contributed by atoms with van der Waals surface area (Å²) in [6.07, 6.45) is 4.53. The topological polar surface area (TPSA) is 81.6 Å². The first kappa shape index (κ1) is 17.5. The third-order valence-corrected chi connectivity index (χ3v) is 3.39. The van der Waals surface area contributed by atoms with Crippen LogP contribution in [-0.4, -0.2) is 39.3 Å². The molecule has 5 heteroatoms. The van der Waals surface area contributed by atoms with Crippen molar-refractivity contribution in [2.24, 2.45) is 11.5 Å². The van der Waals surface area contributed by atoms with Gasteiger partial charge in [0, 0.05) is 31.5 Å². The molecule has 0 aliphatic heterocycles. The maximum absolute atomic E-state index is 11.2. The highest BCUT2D eigenvalue weighted by atomic mass is 16.5. The van der Waals surface area contributed by atoms with Crippen LogP contribution in [0.15, 0.2) is 24.3 Å². The number of nitrogens with two attached hydrogens (primary N) is 2. The lowest BCUT2D eigenvalue weighted by molar-refractivity contribution is 0.100. The number of hydrogen-bond acceptors (Lipinski definition) is 4. The SMILES string of the molecule is CN(CCOCCCCCCN)c1cccc(C(N)=O)c1. The standard InChI is InChI=1S/C16H27N3O2/c1-19(10-12-21-11-5-3-2-4-9-17)15-8-6-7-14(13-15)16(18)20/h6-8,13H,2-5,9-12,17H2,1H3,(H2,18,20). The Morgan fingerprint density at radius 2 is 1.95 bits per heavy atom. The van der Waals surface area contributed by atoms with Crippen LogP contribution in [0.3, 0.4) is 0 Å². The Morgan fingerprint density at radius 3 is 2.67 bits per heavy atom. The molecule has 5 nitrogen and oxygen atoms in total. The number of benzene rings is 1. The third kappa shape index (κ3) is 7.11. The lowest BCUT2D eigenvalue weighted by Gasteiger charge is -2.19. The second-order valence-electron chi connectivity index (χ2n) is 5.15. The van der Waals surface area contributed by atoms with Crippen molar-refractivity contribution in [2.45, 2.75) is 25.7 Å². The van der Waals surface area contributed by atoms with Crippen molar-refractivity contribution in [1.29, 1.82) is 0 Å². The van der Waals surface area contributed by atoms with Gasteiger partial charge in [-0.2, -0.15) is 0 Å². The van der Waals surface area contributed by atoms with E-state index in [9.17, 15) is 4.79 Å². The predicted molar refractivity (Wildman–Crippen MR) is 86.6 cm³/mol. The van der Waals surface area contributed by atoms with Crippen LogP contribution in [0.5, 0.6) is 0 Å². The largest absolute Gasteiger partial charge is 0.380 e. The molecular weight excluding hydrogens is 266 g/mol. The maximum atomic E-state index is 11.2. The van der Waals surface area contributed by atoms with Crippen LogP contribution in [0.25, 0.3) is 0 Å². The number of ether oxygens (including phenoxy) is 1. The van der Waals surface area contributed by atoms with Gasteiger partial charge in [0.1, 0.15) is 0 Å². The quantitative estimate of drug-likeness (QED) is 0.609. The van der Waals surface area contributed by atoms with E-state index in [1.54, 1.807) is 12.1 Å². The molecule has 0 aliphatic rings. The molecule has 1 aromatic carbocycles. The van der Waals surface area contributed by atoms with Crippen molar-refractivity contribution < 1.29 is 9.53 Å². The average molecular weight is 293 g/mol. The van der Waals surface area contributed by atoms with Crippen molar-refractivity contribution in [3.8, 4) is 0 Å². The number of carbonyl (C=O) groups excluding carboxylic acids is 1. The van der Waals surface area contributed by atoms with Crippen LogP contribution in [-0.2, 0) is 4.74 Å². The van der Waals surface area contributed by atoms with Crippen LogP contribution in [0, 0.1) is 0 Å². The molecule has 0 saturated carbocycles. The van der Waals surface area contributed by atoms with E-state index in [1.807, 2.05) is 19.2 Å². The van der Waals surface area contributed by atoms with Crippen LogP contribution >= 0.6 is 0 Å². The molecule has 0 atom stereocenters. The van der Waals surface area contributed by atoms with Crippen LogP contribution in [0.4, 0.5) is 5.69 Å². The summed E-state index contributed by atoms with van der Waals surface area (Å²) in [6.45, 7) is 3.02. The van der Waals surface area contributed by atoms with Crippen molar-refractivity contribution in [2.75, 3.05) is 38.3 Å². The summed E-state index contributed by atoms with van der Waals surface area (Å²) in [5.41, 5.74) is 12.2. The molecule has 4 N–H and O–H groups in total. The lowest BCUT2D eigenvalue weighted by atomic mass is 10.2. The average Bonchev–Trinajstić information content (AvgIpc) is 2.49. The van der Waals surface area contributed by atoms with Gasteiger partial charge in [-0.1, -0.05) is 18.9 Å². The van der Waals surface area contributed by atoms with E-state index >= 15 is 0 Å². The number of nitrogens with zero attached hydrogens (tertiary/aromatic N) is 1. The van der Waals surface area contributed by atoms with Gasteiger partial charge in [-0.15, -0.1) is 0 Å². The molecular formula is C16H27N3O2. The Labute approximate surface area is 127 Å². The fourth-order valence-electron chi connectivity index (χ4n) is 2.03. The van der Waals surface area contributed by atoms with E-state index in [0.717, 1.165) is 38.2 Å². The van der Waals surface area contributed by atoms with Crippen molar-refractivity contribution in [3.05, 3.63) is 29.8 Å². The van der Waals surface area contributed by atoms with Crippen LogP contribution < -0.4 is 16.4 Å². The Bertz CT molecular complexity index is 424. The number of unbranched alkanes of at least 4 members (excludes halogenated alkanes) is 3. The summed E-state index contributed by atoms with van der Waals surface area (Å²) >= 11 is 0. The highest BCUT2D eigenvalue weighted by Crippen LogP contribution is 2.14. The first-order valence-electron chi connectivity index (χ1n) is 7.54. The lowest BCUT2D eigenvalue weighted by Crippen LogP contribution is -2.23. The van der Waals surface area contributed by atoms with Crippen molar-refractivity contribution in [3.63, 3.8) is 0 Å². The van der Waals surface area contributed by atoms with Gasteiger partial charge in [0.15, 0.2) is 0 Å². The van der Waals surface area contributed by atoms with Gasteiger partial charge < -0.3 is 21.1 Å². The molecule has 0 spiro atoms. The van der Waals surface area contributed by atoms with Crippen LogP contribution in [0.1, 0.15) is 36.0 Å². The molecule has 118 valence electrons. The molecule has 0 aromatic heterocycles. The molecule has 1 aromatic rings. The van der Waals surface area contributed by atoms with Crippen molar-refractivity contribution in [1.82, 2.24) is 0 Å². The van der Waals surface area contributed by atoms with Gasteiger partial charge in [-0.3, -0.25) is 4.79 Å². The summed E-state index contributed by atoms with van der Waals surface area (Å²) in [7, 11) is 1.98. The van der Waals surface area contributed by atoms with E-state index in [-0.39, 0.29) is 0 Å². The Hall–Kier alpha value is -1.59. The molecule has 0 unspecified atom stereocenters. The zero-order valence-corrected chi connectivity index (χ0v) is 12.9. The fraction of sp³-hybridized carbons (Fsp3) is 0.562. The van der Waals surface area contributed by atoms with Gasteiger partial charge in [0.25, 0.3) is 0 Å². The number of hydrogen-bond donors (Lipinski definition) is 2. The van der Waals surface area contributed by atoms with Gasteiger partial charge in [-0.05, 0) is 37.6 Å². The van der Waals surface area contributed by atoms with Gasteiger partial charge >= 0.3 is 0 Å². The first-order chi connectivity index (χ1) is 10.1. The summed E-state index contributed by atoms with van der Waals surface area (Å²) in [5, 5.41) is 0. The highest BCUT2D eigenvalue weighted by Gasteiger charge is 2.04. The number of rotatable bonds is 11. The second kappa shape index (κ2) is 10.2. The molecule has 0 fully saturated rings. The van der Waals surface area contributed by atoms with E-state index < -0.39 is 5.91 Å². The second-order valence-corrected chi connectivity index (χ2v) is 5.15. The number of carbonyl (C=O) groups is 1. The minimum Gasteiger partial charge on any atom is -0.380 e. The van der Waals surface area contributed by atoms with E-state index in [1.165, 1.54) is 12.8 Å². The first-order valence-corrected chi connectivity index (χ1v) is 7.54. The molecule has 0 heterocycles. The van der Waals surface area contributed by atoms with E-state index in [2.05, 4.69) is 4.90 Å². The highest BCUT2D eigenvalue weighted by molar-refractivity contribution is 5.93. The van der Waals surface area contributed by atoms with Gasteiger partial charge in [0.2, 0.25) is 5.91 Å². The molecule has 1 amide bonds. The molecule has 1 rings (SSSR count). The third-order valence-electron chi connectivity index (χ3n) is 3.39. The molecule has 0 aliphatic carbocycles. The number of primary amides is 1. The van der Waals surface area contributed by atoms with E-state index in [4.69, 9.17) is 16.2 Å². The Kier molecular flexibility index (Phi) is 8.47. The van der Waals surface area contributed by atoms with Crippen LogP contribution in [0.2, 0.25) is 0 Å². The zero-order chi connectivity index (χ0) is 15.5. The van der Waals surface area contributed by atoms with E-state index in [0.29, 0.717) is 12.2 Å². The van der Waals surface area contributed by atoms with Gasteiger partial charge in [-0.25, -0.2) is 0 Å². The summed E-state index contributed by atoms with van der Waals surface area (Å²) in [6, 6.07) is 7.32. The normalized spacial score (nSPS) is 10.6. The number of likely N-dealkylation sites (N-methyl/N-ethyl adjacent to an activating group) is 1. The molecule has 0 saturated heterocycles. The van der Waals surface area contributed by atoms with Gasteiger partial charge in [0.05, 0.1) is 6.61 Å². The monoisotopic (exact) mass is 293 g/mol. The summed E-state index contributed by atoms with van der Waals surface area (Å²) in [4.78, 5) is 13.2. The summed E-state index contributed by atoms with van der Waals surface area (Å²) in [5.74, 6) is -0.404. The fourth-order valence-corrected chi connectivity index (χ4v) is 2.03. The summed E-state index contributed by atoms with van der Waals surface area (Å²) < 4.78 is 5.62. The zero-order valence-electron chi connectivity index (χ0n) is 12.9. The molecule has 0 bridgehead atoms. The Morgan fingerprint density at radius 1 is 1.19 bits per heavy atom. The molecule has 0 radical (unpaired) electrons. The number of anilines is 1. The minimum absolute atomic E-state index is 0.404. The predicted octanol–water partition coefficient (Wildman–Crippen LogP) is 1.76.